The lowest BCUT2D eigenvalue weighted by molar-refractivity contribution is -0.0583. The molecule has 4 rings (SSSR count). The van der Waals surface area contributed by atoms with E-state index in [0.717, 1.165) is 19.3 Å². The first-order chi connectivity index (χ1) is 13.8. The fraction of sp³-hybridized carbons (Fsp3) is 0.333. The van der Waals surface area contributed by atoms with Crippen LogP contribution < -0.4 is 11.1 Å². The van der Waals surface area contributed by atoms with Crippen molar-refractivity contribution in [2.24, 2.45) is 10.7 Å². The van der Waals surface area contributed by atoms with Crippen LogP contribution >= 0.6 is 0 Å². The number of rotatable bonds is 3. The van der Waals surface area contributed by atoms with E-state index >= 15 is 0 Å². The zero-order valence-electron chi connectivity index (χ0n) is 15.9. The second-order valence-corrected chi connectivity index (χ2v) is 7.70. The molecule has 0 unspecified atom stereocenters. The molecule has 1 amide bonds. The molecular weight excluding hydrogens is 373 g/mol. The molecule has 2 aliphatic rings. The number of nitrogens with two attached hydrogens (primary N) is 1. The van der Waals surface area contributed by atoms with Gasteiger partial charge in [-0.05, 0) is 50.5 Å². The molecule has 29 heavy (non-hydrogen) atoms. The van der Waals surface area contributed by atoms with Crippen LogP contribution in [0.15, 0.2) is 41.5 Å². The highest BCUT2D eigenvalue weighted by Crippen LogP contribution is 2.49. The summed E-state index contributed by atoms with van der Waals surface area (Å²) in [6.07, 6.45) is 4.62. The first kappa shape index (κ1) is 18.9. The summed E-state index contributed by atoms with van der Waals surface area (Å²) in [6, 6.07) is 7.42. The molecule has 1 fully saturated rings. The van der Waals surface area contributed by atoms with Gasteiger partial charge in [0.15, 0.2) is 0 Å². The van der Waals surface area contributed by atoms with Gasteiger partial charge >= 0.3 is 0 Å². The average molecular weight is 393 g/mol. The van der Waals surface area contributed by atoms with Gasteiger partial charge in [0.05, 0.1) is 12.1 Å². The molecule has 7 nitrogen and oxygen atoms in total. The Morgan fingerprint density at radius 1 is 1.34 bits per heavy atom. The summed E-state index contributed by atoms with van der Waals surface area (Å²) in [5.74, 6) is -0.868. The van der Waals surface area contributed by atoms with E-state index in [2.05, 4.69) is 20.1 Å². The Balaban J connectivity index is 1.61. The van der Waals surface area contributed by atoms with Crippen molar-refractivity contribution in [3.05, 3.63) is 65.0 Å². The molecule has 2 heterocycles. The number of aliphatic imine (C=N–C) groups is 1. The van der Waals surface area contributed by atoms with E-state index in [9.17, 15) is 9.18 Å². The number of amides is 1. The lowest BCUT2D eigenvalue weighted by Gasteiger charge is -2.48. The number of amidine groups is 1. The van der Waals surface area contributed by atoms with Crippen molar-refractivity contribution in [2.75, 3.05) is 5.32 Å². The summed E-state index contributed by atoms with van der Waals surface area (Å²) < 4.78 is 20.5. The molecule has 1 aliphatic heterocycles. The molecular formula is C21H20FN5O2. The predicted octanol–water partition coefficient (Wildman–Crippen LogP) is 3.90. The predicted molar refractivity (Wildman–Crippen MR) is 106 cm³/mol. The molecule has 3 N–H and O–H groups in total. The summed E-state index contributed by atoms with van der Waals surface area (Å²) in [4.78, 5) is 24.1. The van der Waals surface area contributed by atoms with Gasteiger partial charge in [-0.1, -0.05) is 6.07 Å². The molecule has 1 spiro atoms. The Morgan fingerprint density at radius 2 is 2.14 bits per heavy atom. The van der Waals surface area contributed by atoms with Crippen molar-refractivity contribution in [3.8, 4) is 0 Å². The zero-order chi connectivity index (χ0) is 20.6. The average Bonchev–Trinajstić information content (AvgIpc) is 2.67. The number of ether oxygens (including phenoxy) is 1. The highest BCUT2D eigenvalue weighted by molar-refractivity contribution is 6.03. The number of carbonyl (C=O) groups is 1. The minimum atomic E-state index is -0.886. The van der Waals surface area contributed by atoms with Gasteiger partial charge < -0.3 is 15.8 Å². The number of hydrogen-bond donors (Lipinski definition) is 2. The largest absolute Gasteiger partial charge is 0.459 e. The minimum absolute atomic E-state index is 0.0661. The highest BCUT2D eigenvalue weighted by Gasteiger charge is 2.50. The van der Waals surface area contributed by atoms with Gasteiger partial charge in [0.2, 0.25) is 5.69 Å². The van der Waals surface area contributed by atoms with Crippen molar-refractivity contribution in [1.29, 1.82) is 0 Å². The van der Waals surface area contributed by atoms with E-state index in [-0.39, 0.29) is 17.3 Å². The maximum absolute atomic E-state index is 14.7. The van der Waals surface area contributed by atoms with E-state index in [0.29, 0.717) is 23.4 Å². The number of hydrogen-bond acceptors (Lipinski definition) is 5. The molecule has 1 atom stereocenters. The van der Waals surface area contributed by atoms with Crippen LogP contribution in [-0.2, 0) is 10.3 Å². The first-order valence-electron chi connectivity index (χ1n) is 9.32. The maximum Gasteiger partial charge on any atom is 0.283 e. The van der Waals surface area contributed by atoms with Crippen LogP contribution in [0, 0.1) is 12.4 Å². The van der Waals surface area contributed by atoms with Crippen LogP contribution in [0.4, 0.5) is 15.8 Å². The Hall–Kier alpha value is -3.47. The third-order valence-corrected chi connectivity index (χ3v) is 5.52. The third-order valence-electron chi connectivity index (χ3n) is 5.52. The molecule has 1 aromatic heterocycles. The van der Waals surface area contributed by atoms with Gasteiger partial charge in [-0.2, -0.15) is 0 Å². The Kier molecular flexibility index (Phi) is 4.46. The molecule has 0 radical (unpaired) electrons. The Morgan fingerprint density at radius 3 is 2.76 bits per heavy atom. The third kappa shape index (κ3) is 3.51. The van der Waals surface area contributed by atoms with Crippen LogP contribution in [0.25, 0.3) is 4.85 Å². The summed E-state index contributed by atoms with van der Waals surface area (Å²) >= 11 is 0. The molecule has 0 bridgehead atoms. The van der Waals surface area contributed by atoms with Crippen molar-refractivity contribution >= 4 is 23.3 Å². The highest BCUT2D eigenvalue weighted by atomic mass is 19.1. The monoisotopic (exact) mass is 393 g/mol. The second-order valence-electron chi connectivity index (χ2n) is 7.70. The van der Waals surface area contributed by atoms with Gasteiger partial charge in [0.25, 0.3) is 11.9 Å². The molecule has 2 aromatic rings. The van der Waals surface area contributed by atoms with Gasteiger partial charge in [-0.25, -0.2) is 14.2 Å². The van der Waals surface area contributed by atoms with Gasteiger partial charge in [0, 0.05) is 23.9 Å². The van der Waals surface area contributed by atoms with E-state index < -0.39 is 17.3 Å². The Labute approximate surface area is 167 Å². The van der Waals surface area contributed by atoms with E-state index in [1.54, 1.807) is 6.07 Å². The molecule has 148 valence electrons. The molecule has 1 aromatic carbocycles. The first-order valence-corrected chi connectivity index (χ1v) is 9.32. The van der Waals surface area contributed by atoms with Crippen molar-refractivity contribution in [3.63, 3.8) is 0 Å². The molecule has 1 saturated carbocycles. The summed E-state index contributed by atoms with van der Waals surface area (Å²) in [6.45, 7) is 8.77. The summed E-state index contributed by atoms with van der Waals surface area (Å²) in [5.41, 5.74) is 5.92. The number of nitrogens with one attached hydrogen (secondary N) is 1. The maximum atomic E-state index is 14.7. The normalized spacial score (nSPS) is 22.0. The summed E-state index contributed by atoms with van der Waals surface area (Å²) in [7, 11) is 0. The fourth-order valence-electron chi connectivity index (χ4n) is 3.99. The number of benzene rings is 1. The molecule has 1 aliphatic carbocycles. The number of aromatic nitrogens is 1. The van der Waals surface area contributed by atoms with Crippen molar-refractivity contribution in [2.45, 2.75) is 43.7 Å². The lowest BCUT2D eigenvalue weighted by Crippen LogP contribution is -2.52. The van der Waals surface area contributed by atoms with Gasteiger partial charge in [0.1, 0.15) is 17.1 Å². The number of carbonyl (C=O) groups excluding carboxylic acids is 1. The number of anilines is 1. The van der Waals surface area contributed by atoms with Crippen LogP contribution in [0.1, 0.15) is 48.7 Å². The van der Waals surface area contributed by atoms with Crippen LogP contribution in [0.3, 0.4) is 0 Å². The zero-order valence-corrected chi connectivity index (χ0v) is 15.9. The van der Waals surface area contributed by atoms with E-state index in [1.165, 1.54) is 30.5 Å². The van der Waals surface area contributed by atoms with E-state index in [1.807, 2.05) is 6.92 Å². The molecule has 0 saturated heterocycles. The summed E-state index contributed by atoms with van der Waals surface area (Å²) in [5, 5.41) is 2.72. The minimum Gasteiger partial charge on any atom is -0.459 e. The van der Waals surface area contributed by atoms with Crippen LogP contribution in [0.2, 0.25) is 0 Å². The standard InChI is InChI=1S/C21H20FN5O2/c1-20(12-21(8-3-9-21)29-19(23)27-20)15-10-13(4-6-16(15)22)26-18(28)17-7-5-14(24-2)11-25-17/h4-7,10-11H,3,8-9,12H2,1H3,(H2,23,27)(H,26,28)/t20-/m0/s1. The van der Waals surface area contributed by atoms with E-state index in [4.69, 9.17) is 17.0 Å². The Bertz CT molecular complexity index is 1040. The van der Waals surface area contributed by atoms with Crippen LogP contribution in [0.5, 0.6) is 0 Å². The second kappa shape index (κ2) is 6.85. The SMILES string of the molecule is [C-]#[N+]c1ccc(C(=O)Nc2ccc(F)c([C@]3(C)CC4(CCC4)OC(N)=N3)c2)nc1. The number of halogens is 1. The van der Waals surface area contributed by atoms with Crippen molar-refractivity contribution < 1.29 is 13.9 Å². The van der Waals surface area contributed by atoms with Crippen LogP contribution in [-0.4, -0.2) is 22.5 Å². The van der Waals surface area contributed by atoms with Gasteiger partial charge in [-0.3, -0.25) is 9.78 Å². The number of nitrogens with zero attached hydrogens (tertiary/aromatic N) is 3. The topological polar surface area (TPSA) is 94.0 Å². The molecule has 8 heteroatoms. The van der Waals surface area contributed by atoms with Crippen molar-refractivity contribution in [1.82, 2.24) is 4.98 Å². The lowest BCUT2D eigenvalue weighted by atomic mass is 9.69. The van der Waals surface area contributed by atoms with Gasteiger partial charge in [-0.15, -0.1) is 0 Å². The fourth-order valence-corrected chi connectivity index (χ4v) is 3.99. The quantitative estimate of drug-likeness (QED) is 0.774. The smallest absolute Gasteiger partial charge is 0.283 e. The number of pyridine rings is 1.